The molecule has 0 aliphatic rings. The fourth-order valence-corrected chi connectivity index (χ4v) is 3.06. The van der Waals surface area contributed by atoms with Gasteiger partial charge in [0, 0.05) is 18.1 Å². The highest BCUT2D eigenvalue weighted by atomic mass is 35.5. The van der Waals surface area contributed by atoms with E-state index in [1.54, 1.807) is 30.0 Å². The number of hydrogen-bond acceptors (Lipinski definition) is 3. The molecular weight excluding hydrogens is 400 g/mol. The number of aryl methyl sites for hydroxylation is 2. The number of carbonyl (C=O) groups is 2. The Kier molecular flexibility index (Phi) is 8.72. The number of ether oxygens (including phenoxy) is 1. The van der Waals surface area contributed by atoms with Gasteiger partial charge in [0.15, 0.2) is 6.61 Å². The number of halogens is 1. The average Bonchev–Trinajstić information content (AvgIpc) is 2.71. The topological polar surface area (TPSA) is 58.6 Å². The monoisotopic (exact) mass is 430 g/mol. The molecule has 0 radical (unpaired) electrons. The summed E-state index contributed by atoms with van der Waals surface area (Å²) in [6.07, 6.45) is 0. The van der Waals surface area contributed by atoms with Gasteiger partial charge < -0.3 is 15.0 Å². The highest BCUT2D eigenvalue weighted by Gasteiger charge is 2.27. The van der Waals surface area contributed by atoms with Gasteiger partial charge in [-0.2, -0.15) is 0 Å². The first-order valence-electron chi connectivity index (χ1n) is 10.2. The van der Waals surface area contributed by atoms with Crippen LogP contribution in [0.15, 0.2) is 42.5 Å². The molecular formula is C24H31ClN2O3. The molecule has 0 heterocycles. The molecule has 1 N–H and O–H groups in total. The number of rotatable bonds is 9. The second kappa shape index (κ2) is 11.0. The Hall–Kier alpha value is -2.53. The lowest BCUT2D eigenvalue weighted by Gasteiger charge is -2.29. The SMILES string of the molecule is Cc1cc(OCC(=O)N(Cc2ccccc2C)C(C)C(=O)NCC(C)C)ccc1Cl. The molecule has 2 rings (SSSR count). The lowest BCUT2D eigenvalue weighted by molar-refractivity contribution is -0.142. The lowest BCUT2D eigenvalue weighted by atomic mass is 10.1. The predicted molar refractivity (Wildman–Crippen MR) is 121 cm³/mol. The van der Waals surface area contributed by atoms with Crippen molar-refractivity contribution in [2.75, 3.05) is 13.2 Å². The molecule has 5 nitrogen and oxygen atoms in total. The van der Waals surface area contributed by atoms with E-state index in [4.69, 9.17) is 16.3 Å². The van der Waals surface area contributed by atoms with Crippen molar-refractivity contribution in [1.82, 2.24) is 10.2 Å². The van der Waals surface area contributed by atoms with Crippen molar-refractivity contribution in [3.63, 3.8) is 0 Å². The van der Waals surface area contributed by atoms with Crippen molar-refractivity contribution in [2.45, 2.75) is 47.2 Å². The minimum absolute atomic E-state index is 0.158. The third kappa shape index (κ3) is 6.77. The molecule has 0 saturated heterocycles. The van der Waals surface area contributed by atoms with Crippen LogP contribution in [0.1, 0.15) is 37.5 Å². The molecule has 0 saturated carbocycles. The first-order valence-corrected chi connectivity index (χ1v) is 10.6. The van der Waals surface area contributed by atoms with Crippen LogP contribution < -0.4 is 10.1 Å². The van der Waals surface area contributed by atoms with E-state index in [-0.39, 0.29) is 18.4 Å². The van der Waals surface area contributed by atoms with Crippen LogP contribution in [-0.2, 0) is 16.1 Å². The van der Waals surface area contributed by atoms with Crippen LogP contribution in [0.2, 0.25) is 5.02 Å². The van der Waals surface area contributed by atoms with Gasteiger partial charge in [-0.3, -0.25) is 9.59 Å². The number of nitrogens with zero attached hydrogens (tertiary/aromatic N) is 1. The smallest absolute Gasteiger partial charge is 0.261 e. The minimum atomic E-state index is -0.619. The van der Waals surface area contributed by atoms with E-state index in [9.17, 15) is 9.59 Å². The molecule has 30 heavy (non-hydrogen) atoms. The summed E-state index contributed by atoms with van der Waals surface area (Å²) in [5.41, 5.74) is 2.94. The van der Waals surface area contributed by atoms with Gasteiger partial charge in [0.25, 0.3) is 5.91 Å². The van der Waals surface area contributed by atoms with Gasteiger partial charge in [-0.05, 0) is 61.6 Å². The fourth-order valence-electron chi connectivity index (χ4n) is 2.94. The second-order valence-corrected chi connectivity index (χ2v) is 8.37. The van der Waals surface area contributed by atoms with Crippen LogP contribution in [0.25, 0.3) is 0 Å². The summed E-state index contributed by atoms with van der Waals surface area (Å²) in [7, 11) is 0. The van der Waals surface area contributed by atoms with E-state index in [0.717, 1.165) is 16.7 Å². The molecule has 0 spiro atoms. The van der Waals surface area contributed by atoms with Crippen molar-refractivity contribution in [3.8, 4) is 5.75 Å². The zero-order chi connectivity index (χ0) is 22.3. The third-order valence-electron chi connectivity index (χ3n) is 4.95. The van der Waals surface area contributed by atoms with Gasteiger partial charge in [0.05, 0.1) is 0 Å². The van der Waals surface area contributed by atoms with Crippen LogP contribution in [-0.4, -0.2) is 35.9 Å². The van der Waals surface area contributed by atoms with Crippen LogP contribution in [0.3, 0.4) is 0 Å². The molecule has 0 aromatic heterocycles. The summed E-state index contributed by atoms with van der Waals surface area (Å²) in [6, 6.07) is 12.5. The summed E-state index contributed by atoms with van der Waals surface area (Å²) in [4.78, 5) is 27.3. The van der Waals surface area contributed by atoms with Gasteiger partial charge in [0.1, 0.15) is 11.8 Å². The standard InChI is InChI=1S/C24H31ClN2O3/c1-16(2)13-26-24(29)19(5)27(14-20-9-7-6-8-17(20)3)23(28)15-30-21-10-11-22(25)18(4)12-21/h6-12,16,19H,13-15H2,1-5H3,(H,26,29). The molecule has 1 unspecified atom stereocenters. The molecule has 2 aromatic rings. The van der Waals surface area contributed by atoms with Crippen LogP contribution in [0.5, 0.6) is 5.75 Å². The molecule has 0 aliphatic carbocycles. The summed E-state index contributed by atoms with van der Waals surface area (Å²) in [5, 5.41) is 3.56. The van der Waals surface area contributed by atoms with E-state index in [2.05, 4.69) is 5.32 Å². The largest absolute Gasteiger partial charge is 0.484 e. The van der Waals surface area contributed by atoms with Crippen molar-refractivity contribution < 1.29 is 14.3 Å². The molecule has 6 heteroatoms. The molecule has 0 bridgehead atoms. The highest BCUT2D eigenvalue weighted by molar-refractivity contribution is 6.31. The van der Waals surface area contributed by atoms with E-state index in [1.807, 2.05) is 52.0 Å². The van der Waals surface area contributed by atoms with E-state index >= 15 is 0 Å². The molecule has 2 amide bonds. The minimum Gasteiger partial charge on any atom is -0.484 e. The Morgan fingerprint density at radius 1 is 1.07 bits per heavy atom. The quantitative estimate of drug-likeness (QED) is 0.636. The summed E-state index contributed by atoms with van der Waals surface area (Å²) < 4.78 is 5.70. The van der Waals surface area contributed by atoms with Gasteiger partial charge in [-0.1, -0.05) is 49.7 Å². The summed E-state index contributed by atoms with van der Waals surface area (Å²) in [5.74, 6) is 0.474. The maximum atomic E-state index is 13.1. The van der Waals surface area contributed by atoms with E-state index in [0.29, 0.717) is 29.8 Å². The van der Waals surface area contributed by atoms with Crippen LogP contribution >= 0.6 is 11.6 Å². The molecule has 0 fully saturated rings. The zero-order valence-electron chi connectivity index (χ0n) is 18.4. The van der Waals surface area contributed by atoms with Crippen molar-refractivity contribution in [2.24, 2.45) is 5.92 Å². The Morgan fingerprint density at radius 2 is 1.77 bits per heavy atom. The summed E-state index contributed by atoms with van der Waals surface area (Å²) >= 11 is 6.05. The maximum Gasteiger partial charge on any atom is 0.261 e. The average molecular weight is 431 g/mol. The first-order chi connectivity index (χ1) is 14.2. The maximum absolute atomic E-state index is 13.1. The Balaban J connectivity index is 2.16. The van der Waals surface area contributed by atoms with Gasteiger partial charge >= 0.3 is 0 Å². The lowest BCUT2D eigenvalue weighted by Crippen LogP contribution is -2.49. The zero-order valence-corrected chi connectivity index (χ0v) is 19.1. The number of nitrogens with one attached hydrogen (secondary N) is 1. The normalized spacial score (nSPS) is 11.8. The van der Waals surface area contributed by atoms with Crippen LogP contribution in [0.4, 0.5) is 0 Å². The fraction of sp³-hybridized carbons (Fsp3) is 0.417. The van der Waals surface area contributed by atoms with Gasteiger partial charge in [-0.15, -0.1) is 0 Å². The third-order valence-corrected chi connectivity index (χ3v) is 5.37. The number of hydrogen-bond donors (Lipinski definition) is 1. The number of carbonyl (C=O) groups excluding carboxylic acids is 2. The second-order valence-electron chi connectivity index (χ2n) is 7.96. The van der Waals surface area contributed by atoms with E-state index < -0.39 is 6.04 Å². The summed E-state index contributed by atoms with van der Waals surface area (Å²) in [6.45, 7) is 10.4. The van der Waals surface area contributed by atoms with E-state index in [1.165, 1.54) is 0 Å². The van der Waals surface area contributed by atoms with Crippen molar-refractivity contribution >= 4 is 23.4 Å². The number of benzene rings is 2. The van der Waals surface area contributed by atoms with Crippen LogP contribution in [0, 0.1) is 19.8 Å². The molecule has 2 aromatic carbocycles. The predicted octanol–water partition coefficient (Wildman–Crippen LogP) is 4.53. The molecule has 0 aliphatic heterocycles. The first kappa shape index (κ1) is 23.7. The van der Waals surface area contributed by atoms with Gasteiger partial charge in [-0.25, -0.2) is 0 Å². The van der Waals surface area contributed by atoms with Crippen molar-refractivity contribution in [1.29, 1.82) is 0 Å². The molecule has 162 valence electrons. The Morgan fingerprint density at radius 3 is 2.40 bits per heavy atom. The number of amides is 2. The Labute approximate surface area is 184 Å². The van der Waals surface area contributed by atoms with Gasteiger partial charge in [0.2, 0.25) is 5.91 Å². The van der Waals surface area contributed by atoms with Crippen molar-refractivity contribution in [3.05, 3.63) is 64.2 Å². The highest BCUT2D eigenvalue weighted by Crippen LogP contribution is 2.21. The molecule has 1 atom stereocenters. The Bertz CT molecular complexity index is 883.